The quantitative estimate of drug-likeness (QED) is 0.381. The monoisotopic (exact) mass is 518 g/mol. The van der Waals surface area contributed by atoms with Gasteiger partial charge < -0.3 is 14.7 Å². The van der Waals surface area contributed by atoms with Crippen molar-refractivity contribution in [2.24, 2.45) is 4.99 Å². The number of hydrogen-bond donors (Lipinski definition) is 1. The van der Waals surface area contributed by atoms with Crippen LogP contribution in [-0.2, 0) is 16.4 Å². The molecule has 0 spiro atoms. The molecule has 0 amide bonds. The summed E-state index contributed by atoms with van der Waals surface area (Å²) in [7, 11) is -3.09. The molecule has 1 aromatic carbocycles. The van der Waals surface area contributed by atoms with E-state index in [1.807, 2.05) is 48.2 Å². The van der Waals surface area contributed by atoms with Gasteiger partial charge in [-0.05, 0) is 20.8 Å². The van der Waals surface area contributed by atoms with E-state index in [0.29, 0.717) is 37.9 Å². The van der Waals surface area contributed by atoms with E-state index >= 15 is 0 Å². The Morgan fingerprint density at radius 1 is 1.32 bits per heavy atom. The van der Waals surface area contributed by atoms with Gasteiger partial charge in [-0.2, -0.15) is 0 Å². The largest absolute Gasteiger partial charge is 0.357 e. The summed E-state index contributed by atoms with van der Waals surface area (Å²) in [6, 6.07) is 11.7. The SMILES string of the molecule is CCNC(=NCc1cc(-c2ccccc2)on1)N1CCS(=O)(=O)C(C)(C)C1.I. The first-order valence-corrected chi connectivity index (χ1v) is 10.7. The number of benzene rings is 1. The fraction of sp³-hybridized carbons (Fsp3) is 0.474. The number of sulfone groups is 1. The molecule has 2 aromatic rings. The van der Waals surface area contributed by atoms with E-state index in [4.69, 9.17) is 4.52 Å². The van der Waals surface area contributed by atoms with Crippen molar-refractivity contribution in [3.8, 4) is 11.3 Å². The molecule has 1 aromatic heterocycles. The van der Waals surface area contributed by atoms with Gasteiger partial charge >= 0.3 is 0 Å². The lowest BCUT2D eigenvalue weighted by molar-refractivity contribution is 0.353. The van der Waals surface area contributed by atoms with Gasteiger partial charge in [-0.25, -0.2) is 13.4 Å². The van der Waals surface area contributed by atoms with Gasteiger partial charge in [-0.15, -0.1) is 24.0 Å². The number of aromatic nitrogens is 1. The molecule has 0 saturated carbocycles. The van der Waals surface area contributed by atoms with Crippen LogP contribution in [0.5, 0.6) is 0 Å². The average Bonchev–Trinajstić information content (AvgIpc) is 3.11. The molecule has 7 nitrogen and oxygen atoms in total. The Kier molecular flexibility index (Phi) is 7.49. The normalized spacial score (nSPS) is 18.4. The zero-order valence-corrected chi connectivity index (χ0v) is 19.5. The zero-order valence-electron chi connectivity index (χ0n) is 16.4. The predicted molar refractivity (Wildman–Crippen MR) is 122 cm³/mol. The highest BCUT2D eigenvalue weighted by atomic mass is 127. The Morgan fingerprint density at radius 3 is 2.68 bits per heavy atom. The molecule has 1 fully saturated rings. The molecule has 1 saturated heterocycles. The van der Waals surface area contributed by atoms with Crippen molar-refractivity contribution < 1.29 is 12.9 Å². The molecular formula is C19H27IN4O3S. The van der Waals surface area contributed by atoms with E-state index in [1.165, 1.54) is 0 Å². The van der Waals surface area contributed by atoms with E-state index in [2.05, 4.69) is 15.5 Å². The fourth-order valence-electron chi connectivity index (χ4n) is 3.03. The van der Waals surface area contributed by atoms with Crippen LogP contribution in [0.4, 0.5) is 0 Å². The van der Waals surface area contributed by atoms with E-state index in [1.54, 1.807) is 13.8 Å². The molecule has 28 heavy (non-hydrogen) atoms. The van der Waals surface area contributed by atoms with Gasteiger partial charge in [-0.1, -0.05) is 35.5 Å². The minimum atomic E-state index is -3.09. The van der Waals surface area contributed by atoms with Crippen LogP contribution in [0.2, 0.25) is 0 Å². The molecule has 0 atom stereocenters. The second-order valence-corrected chi connectivity index (χ2v) is 9.96. The molecule has 0 bridgehead atoms. The van der Waals surface area contributed by atoms with Gasteiger partial charge in [-0.3, -0.25) is 0 Å². The van der Waals surface area contributed by atoms with E-state index in [0.717, 1.165) is 11.3 Å². The number of nitrogens with zero attached hydrogens (tertiary/aromatic N) is 3. The summed E-state index contributed by atoms with van der Waals surface area (Å²) >= 11 is 0. The van der Waals surface area contributed by atoms with Gasteiger partial charge in [0, 0.05) is 31.3 Å². The molecule has 2 heterocycles. The summed E-state index contributed by atoms with van der Waals surface area (Å²) in [6.07, 6.45) is 0. The Balaban J connectivity index is 0.00000280. The number of aliphatic imine (C=N–C) groups is 1. The van der Waals surface area contributed by atoms with Crippen LogP contribution in [0.1, 0.15) is 26.5 Å². The smallest absolute Gasteiger partial charge is 0.194 e. The Hall–Kier alpha value is -1.62. The second kappa shape index (κ2) is 9.25. The van der Waals surface area contributed by atoms with Crippen LogP contribution in [0.3, 0.4) is 0 Å². The van der Waals surface area contributed by atoms with Crippen LogP contribution in [-0.4, -0.2) is 54.6 Å². The Labute approximate surface area is 183 Å². The van der Waals surface area contributed by atoms with Crippen LogP contribution in [0, 0.1) is 0 Å². The van der Waals surface area contributed by atoms with Crippen molar-refractivity contribution in [1.29, 1.82) is 0 Å². The topological polar surface area (TPSA) is 87.8 Å². The van der Waals surface area contributed by atoms with Gasteiger partial charge in [0.1, 0.15) is 5.69 Å². The molecule has 0 unspecified atom stereocenters. The highest BCUT2D eigenvalue weighted by Crippen LogP contribution is 2.24. The number of halogens is 1. The predicted octanol–water partition coefficient (Wildman–Crippen LogP) is 2.93. The summed E-state index contributed by atoms with van der Waals surface area (Å²) in [6.45, 7) is 7.44. The third kappa shape index (κ3) is 5.05. The molecule has 1 aliphatic rings. The first-order chi connectivity index (χ1) is 12.8. The fourth-order valence-corrected chi connectivity index (χ4v) is 4.40. The lowest BCUT2D eigenvalue weighted by atomic mass is 10.2. The third-order valence-electron chi connectivity index (χ3n) is 4.69. The standard InChI is InChI=1S/C19H26N4O3S.HI/c1-4-20-18(23-10-11-27(24,25)19(2,3)14-23)21-13-16-12-17(26-22-16)15-8-6-5-7-9-15;/h5-9,12H,4,10-11,13-14H2,1-3H3,(H,20,21);1H. The van der Waals surface area contributed by atoms with E-state index in [-0.39, 0.29) is 29.7 Å². The molecular weight excluding hydrogens is 491 g/mol. The molecule has 0 aliphatic carbocycles. The van der Waals surface area contributed by atoms with Gasteiger partial charge in [0.25, 0.3) is 0 Å². The lowest BCUT2D eigenvalue weighted by Crippen LogP contribution is -2.57. The van der Waals surface area contributed by atoms with Gasteiger partial charge in [0.15, 0.2) is 21.6 Å². The number of hydrogen-bond acceptors (Lipinski definition) is 5. The van der Waals surface area contributed by atoms with Crippen LogP contribution >= 0.6 is 24.0 Å². The summed E-state index contributed by atoms with van der Waals surface area (Å²) in [5, 5.41) is 7.35. The number of nitrogens with one attached hydrogen (secondary N) is 1. The molecule has 154 valence electrons. The zero-order chi connectivity index (χ0) is 19.5. The first kappa shape index (κ1) is 22.7. The van der Waals surface area contributed by atoms with Crippen molar-refractivity contribution in [3.05, 3.63) is 42.1 Å². The molecule has 1 aliphatic heterocycles. The van der Waals surface area contributed by atoms with E-state index < -0.39 is 14.6 Å². The second-order valence-electron chi connectivity index (χ2n) is 7.22. The number of guanidine groups is 1. The molecule has 0 radical (unpaired) electrons. The van der Waals surface area contributed by atoms with Crippen molar-refractivity contribution in [2.75, 3.05) is 25.4 Å². The average molecular weight is 518 g/mol. The lowest BCUT2D eigenvalue weighted by Gasteiger charge is -2.39. The number of rotatable bonds is 4. The molecule has 1 N–H and O–H groups in total. The molecule has 3 rings (SSSR count). The van der Waals surface area contributed by atoms with Crippen LogP contribution in [0.15, 0.2) is 45.9 Å². The highest BCUT2D eigenvalue weighted by Gasteiger charge is 2.40. The van der Waals surface area contributed by atoms with Crippen molar-refractivity contribution in [2.45, 2.75) is 32.1 Å². The van der Waals surface area contributed by atoms with Crippen LogP contribution < -0.4 is 5.32 Å². The Morgan fingerprint density at radius 2 is 2.04 bits per heavy atom. The first-order valence-electron chi connectivity index (χ1n) is 9.09. The summed E-state index contributed by atoms with van der Waals surface area (Å²) < 4.78 is 29.1. The van der Waals surface area contributed by atoms with Crippen molar-refractivity contribution >= 4 is 39.8 Å². The summed E-state index contributed by atoms with van der Waals surface area (Å²) in [4.78, 5) is 6.64. The highest BCUT2D eigenvalue weighted by molar-refractivity contribution is 14.0. The Bertz CT molecular complexity index is 910. The minimum absolute atomic E-state index is 0. The maximum atomic E-state index is 12.2. The van der Waals surface area contributed by atoms with E-state index in [9.17, 15) is 8.42 Å². The van der Waals surface area contributed by atoms with Crippen molar-refractivity contribution in [3.63, 3.8) is 0 Å². The molecule has 9 heteroatoms. The van der Waals surface area contributed by atoms with Gasteiger partial charge in [0.2, 0.25) is 0 Å². The summed E-state index contributed by atoms with van der Waals surface area (Å²) in [5.74, 6) is 1.53. The maximum absolute atomic E-state index is 12.2. The summed E-state index contributed by atoms with van der Waals surface area (Å²) in [5.41, 5.74) is 1.70. The maximum Gasteiger partial charge on any atom is 0.194 e. The van der Waals surface area contributed by atoms with Gasteiger partial charge in [0.05, 0.1) is 17.0 Å². The van der Waals surface area contributed by atoms with Crippen LogP contribution in [0.25, 0.3) is 11.3 Å². The third-order valence-corrected chi connectivity index (χ3v) is 7.22. The van der Waals surface area contributed by atoms with Crippen molar-refractivity contribution in [1.82, 2.24) is 15.4 Å². The minimum Gasteiger partial charge on any atom is -0.357 e.